The SMILES string of the molecule is COC(=O)C[C@H](NC(=O)NC(C)CCN(C)C)C(=O)O. The molecule has 0 aliphatic heterocycles. The van der Waals surface area contributed by atoms with E-state index in [-0.39, 0.29) is 6.04 Å². The molecule has 116 valence electrons. The number of hydrogen-bond donors (Lipinski definition) is 3. The molecule has 8 nitrogen and oxygen atoms in total. The zero-order valence-corrected chi connectivity index (χ0v) is 12.3. The van der Waals surface area contributed by atoms with Crippen molar-refractivity contribution in [1.29, 1.82) is 0 Å². The maximum Gasteiger partial charge on any atom is 0.326 e. The summed E-state index contributed by atoms with van der Waals surface area (Å²) >= 11 is 0. The molecule has 1 unspecified atom stereocenters. The van der Waals surface area contributed by atoms with Crippen molar-refractivity contribution in [1.82, 2.24) is 15.5 Å². The van der Waals surface area contributed by atoms with Gasteiger partial charge in [-0.05, 0) is 34.0 Å². The molecule has 0 rings (SSSR count). The highest BCUT2D eigenvalue weighted by Crippen LogP contribution is 1.97. The van der Waals surface area contributed by atoms with Crippen molar-refractivity contribution in [3.8, 4) is 0 Å². The standard InChI is InChI=1S/C12H23N3O5/c1-8(5-6-15(2)3)13-12(19)14-9(11(17)18)7-10(16)20-4/h8-9H,5-7H2,1-4H3,(H,17,18)(H2,13,14,19)/t8?,9-/m0/s1. The summed E-state index contributed by atoms with van der Waals surface area (Å²) in [5.41, 5.74) is 0. The highest BCUT2D eigenvalue weighted by molar-refractivity contribution is 5.86. The van der Waals surface area contributed by atoms with E-state index in [9.17, 15) is 14.4 Å². The molecule has 2 atom stereocenters. The maximum absolute atomic E-state index is 11.6. The van der Waals surface area contributed by atoms with E-state index in [4.69, 9.17) is 5.11 Å². The number of carboxylic acid groups (broad SMARTS) is 1. The quantitative estimate of drug-likeness (QED) is 0.527. The third-order valence-electron chi connectivity index (χ3n) is 2.59. The van der Waals surface area contributed by atoms with Gasteiger partial charge >= 0.3 is 18.0 Å². The van der Waals surface area contributed by atoms with Crippen molar-refractivity contribution < 1.29 is 24.2 Å². The van der Waals surface area contributed by atoms with Gasteiger partial charge in [-0.15, -0.1) is 0 Å². The smallest absolute Gasteiger partial charge is 0.326 e. The summed E-state index contributed by atoms with van der Waals surface area (Å²) in [6, 6.07) is -2.03. The Morgan fingerprint density at radius 3 is 2.30 bits per heavy atom. The maximum atomic E-state index is 11.6. The van der Waals surface area contributed by atoms with Crippen molar-refractivity contribution in [3.05, 3.63) is 0 Å². The van der Waals surface area contributed by atoms with Gasteiger partial charge in [0.1, 0.15) is 6.04 Å². The number of methoxy groups -OCH3 is 1. The van der Waals surface area contributed by atoms with E-state index >= 15 is 0 Å². The lowest BCUT2D eigenvalue weighted by Crippen LogP contribution is -2.49. The lowest BCUT2D eigenvalue weighted by atomic mass is 10.2. The normalized spacial score (nSPS) is 13.4. The second-order valence-electron chi connectivity index (χ2n) is 4.78. The topological polar surface area (TPSA) is 108 Å². The van der Waals surface area contributed by atoms with Crippen molar-refractivity contribution in [2.24, 2.45) is 0 Å². The minimum atomic E-state index is -1.30. The summed E-state index contributed by atoms with van der Waals surface area (Å²) in [6.45, 7) is 2.62. The van der Waals surface area contributed by atoms with Crippen molar-refractivity contribution in [2.75, 3.05) is 27.7 Å². The molecule has 0 saturated heterocycles. The van der Waals surface area contributed by atoms with E-state index in [1.807, 2.05) is 25.9 Å². The summed E-state index contributed by atoms with van der Waals surface area (Å²) in [6.07, 6.45) is 0.320. The molecule has 0 aliphatic rings. The van der Waals surface area contributed by atoms with Crippen molar-refractivity contribution >= 4 is 18.0 Å². The van der Waals surface area contributed by atoms with E-state index in [0.717, 1.165) is 20.1 Å². The van der Waals surface area contributed by atoms with Crippen LogP contribution in [0.1, 0.15) is 19.8 Å². The molecule has 0 aliphatic carbocycles. The van der Waals surface area contributed by atoms with Gasteiger partial charge in [0.15, 0.2) is 0 Å². The Labute approximate surface area is 118 Å². The first-order valence-electron chi connectivity index (χ1n) is 6.27. The molecule has 8 heteroatoms. The van der Waals surface area contributed by atoms with Crippen LogP contribution in [0.3, 0.4) is 0 Å². The van der Waals surface area contributed by atoms with Gasteiger partial charge in [0.2, 0.25) is 0 Å². The monoisotopic (exact) mass is 289 g/mol. The van der Waals surface area contributed by atoms with Gasteiger partial charge in [-0.1, -0.05) is 0 Å². The number of nitrogens with zero attached hydrogens (tertiary/aromatic N) is 1. The number of hydrogen-bond acceptors (Lipinski definition) is 5. The fraction of sp³-hybridized carbons (Fsp3) is 0.750. The number of nitrogens with one attached hydrogen (secondary N) is 2. The first kappa shape index (κ1) is 18.2. The van der Waals surface area contributed by atoms with E-state index < -0.39 is 30.4 Å². The molecule has 0 radical (unpaired) electrons. The van der Waals surface area contributed by atoms with E-state index in [1.165, 1.54) is 0 Å². The Hall–Kier alpha value is -1.83. The summed E-state index contributed by atoms with van der Waals surface area (Å²) < 4.78 is 4.38. The third kappa shape index (κ3) is 8.30. The van der Waals surface area contributed by atoms with Crippen LogP contribution in [0.4, 0.5) is 4.79 Å². The predicted octanol–water partition coefficient (Wildman–Crippen LogP) is -0.358. The highest BCUT2D eigenvalue weighted by Gasteiger charge is 2.24. The number of rotatable bonds is 8. The van der Waals surface area contributed by atoms with Crippen LogP contribution in [0.2, 0.25) is 0 Å². The van der Waals surface area contributed by atoms with Crippen LogP contribution in [-0.2, 0) is 14.3 Å². The molecular weight excluding hydrogens is 266 g/mol. The van der Waals surface area contributed by atoms with Gasteiger partial charge in [0.25, 0.3) is 0 Å². The minimum Gasteiger partial charge on any atom is -0.480 e. The van der Waals surface area contributed by atoms with Crippen LogP contribution in [0, 0.1) is 0 Å². The fourth-order valence-electron chi connectivity index (χ4n) is 1.40. The molecule has 20 heavy (non-hydrogen) atoms. The molecule has 3 N–H and O–H groups in total. The summed E-state index contributed by atoms with van der Waals surface area (Å²) in [5.74, 6) is -1.98. The van der Waals surface area contributed by atoms with Crippen LogP contribution in [0.5, 0.6) is 0 Å². The van der Waals surface area contributed by atoms with Gasteiger partial charge in [-0.25, -0.2) is 9.59 Å². The van der Waals surface area contributed by atoms with Crippen LogP contribution >= 0.6 is 0 Å². The molecular formula is C12H23N3O5. The van der Waals surface area contributed by atoms with Crippen LogP contribution in [0.25, 0.3) is 0 Å². The number of aliphatic carboxylic acids is 1. The first-order chi connectivity index (χ1) is 9.26. The minimum absolute atomic E-state index is 0.107. The van der Waals surface area contributed by atoms with Crippen molar-refractivity contribution in [2.45, 2.75) is 31.8 Å². The van der Waals surface area contributed by atoms with E-state index in [1.54, 1.807) is 0 Å². The number of ether oxygens (including phenoxy) is 1. The summed E-state index contributed by atoms with van der Waals surface area (Å²) in [5, 5.41) is 13.8. The third-order valence-corrected chi connectivity index (χ3v) is 2.59. The Bertz CT molecular complexity index is 346. The lowest BCUT2D eigenvalue weighted by Gasteiger charge is -2.19. The summed E-state index contributed by atoms with van der Waals surface area (Å²) in [4.78, 5) is 35.6. The van der Waals surface area contributed by atoms with Crippen LogP contribution in [-0.4, -0.2) is 67.8 Å². The number of carbonyl (C=O) groups excluding carboxylic acids is 2. The van der Waals surface area contributed by atoms with Gasteiger partial charge in [-0.3, -0.25) is 4.79 Å². The average molecular weight is 289 g/mol. The molecule has 0 heterocycles. The Morgan fingerprint density at radius 2 is 1.85 bits per heavy atom. The summed E-state index contributed by atoms with van der Waals surface area (Å²) in [7, 11) is 5.00. The number of carbonyl (C=O) groups is 3. The lowest BCUT2D eigenvalue weighted by molar-refractivity contribution is -0.147. The van der Waals surface area contributed by atoms with E-state index in [2.05, 4.69) is 15.4 Å². The number of urea groups is 1. The van der Waals surface area contributed by atoms with E-state index in [0.29, 0.717) is 0 Å². The van der Waals surface area contributed by atoms with Gasteiger partial charge in [0.05, 0.1) is 13.5 Å². The Morgan fingerprint density at radius 1 is 1.25 bits per heavy atom. The molecule has 2 amide bonds. The molecule has 0 bridgehead atoms. The zero-order chi connectivity index (χ0) is 15.7. The van der Waals surface area contributed by atoms with Crippen molar-refractivity contribution in [3.63, 3.8) is 0 Å². The molecule has 0 aromatic carbocycles. The molecule has 0 saturated carbocycles. The highest BCUT2D eigenvalue weighted by atomic mass is 16.5. The fourth-order valence-corrected chi connectivity index (χ4v) is 1.40. The molecule has 0 aromatic rings. The Balaban J connectivity index is 4.25. The largest absolute Gasteiger partial charge is 0.480 e. The number of amides is 2. The Kier molecular flexibility index (Phi) is 8.30. The average Bonchev–Trinajstić information content (AvgIpc) is 2.35. The second kappa shape index (κ2) is 9.13. The first-order valence-corrected chi connectivity index (χ1v) is 6.27. The van der Waals surface area contributed by atoms with Gasteiger partial charge in [-0.2, -0.15) is 0 Å². The van der Waals surface area contributed by atoms with Gasteiger partial charge in [0, 0.05) is 6.04 Å². The number of carboxylic acids is 1. The molecule has 0 aromatic heterocycles. The van der Waals surface area contributed by atoms with Gasteiger partial charge < -0.3 is 25.4 Å². The van der Waals surface area contributed by atoms with Crippen LogP contribution < -0.4 is 10.6 Å². The molecule has 0 spiro atoms. The second-order valence-corrected chi connectivity index (χ2v) is 4.78. The zero-order valence-electron chi connectivity index (χ0n) is 12.3. The van der Waals surface area contributed by atoms with Crippen LogP contribution in [0.15, 0.2) is 0 Å². The predicted molar refractivity (Wildman–Crippen MR) is 72.4 cm³/mol. The number of esters is 1. The molecule has 0 fully saturated rings.